The molecule has 0 radical (unpaired) electrons. The lowest BCUT2D eigenvalue weighted by atomic mass is 9.92. The summed E-state index contributed by atoms with van der Waals surface area (Å²) in [5.41, 5.74) is 11.4. The maximum absolute atomic E-state index is 14.4. The van der Waals surface area contributed by atoms with Crippen molar-refractivity contribution in [2.75, 3.05) is 12.3 Å². The second kappa shape index (κ2) is 8.11. The summed E-state index contributed by atoms with van der Waals surface area (Å²) in [4.78, 5) is 4.37. The molecule has 1 aliphatic carbocycles. The molecule has 2 bridgehead atoms. The molecule has 8 heteroatoms. The predicted octanol–water partition coefficient (Wildman–Crippen LogP) is 4.39. The molecule has 0 unspecified atom stereocenters. The first-order valence-corrected chi connectivity index (χ1v) is 10.7. The van der Waals surface area contributed by atoms with Crippen LogP contribution < -0.4 is 10.5 Å². The van der Waals surface area contributed by atoms with E-state index in [0.717, 1.165) is 35.2 Å². The van der Waals surface area contributed by atoms with Crippen LogP contribution in [0.4, 0.5) is 10.2 Å². The normalized spacial score (nSPS) is 17.7. The Morgan fingerprint density at radius 3 is 2.91 bits per heavy atom. The van der Waals surface area contributed by atoms with Gasteiger partial charge in [0.25, 0.3) is 0 Å². The molecule has 2 aliphatic rings. The molecule has 0 atom stereocenters. The molecule has 1 fully saturated rings. The molecule has 164 valence electrons. The van der Waals surface area contributed by atoms with Crippen molar-refractivity contribution in [2.24, 2.45) is 7.05 Å². The van der Waals surface area contributed by atoms with E-state index < -0.39 is 5.83 Å². The number of rotatable bonds is 3. The van der Waals surface area contributed by atoms with Crippen molar-refractivity contribution < 1.29 is 9.13 Å². The van der Waals surface area contributed by atoms with Crippen LogP contribution in [0.15, 0.2) is 55.3 Å². The van der Waals surface area contributed by atoms with Crippen LogP contribution in [-0.4, -0.2) is 31.2 Å². The molecule has 1 saturated carbocycles. The standard InChI is InChI=1S/C24H25FN6O/c1-3-5-19(25)9-18-14-32-21-10-16(11-27-24(21)26)23-15(8-17-13-30(2)29-22(17)18)12-28-31(23)20-6-4-7-20/h3,5,9-13,20H,1,4,6-8,14H2,2H3,(H2,26,27)/b18-9-,19-5+. The highest BCUT2D eigenvalue weighted by atomic mass is 19.1. The fraction of sp³-hybridized carbons (Fsp3) is 0.292. The van der Waals surface area contributed by atoms with Gasteiger partial charge in [0, 0.05) is 48.1 Å². The summed E-state index contributed by atoms with van der Waals surface area (Å²) in [7, 11) is 1.86. The molecule has 3 aromatic rings. The summed E-state index contributed by atoms with van der Waals surface area (Å²) in [5, 5.41) is 9.35. The molecule has 7 nitrogen and oxygen atoms in total. The van der Waals surface area contributed by atoms with Crippen LogP contribution in [0.5, 0.6) is 5.75 Å². The van der Waals surface area contributed by atoms with Crippen molar-refractivity contribution in [2.45, 2.75) is 31.7 Å². The number of hydrogen-bond donors (Lipinski definition) is 1. The third kappa shape index (κ3) is 3.62. The van der Waals surface area contributed by atoms with Crippen molar-refractivity contribution in [3.05, 3.63) is 72.1 Å². The first kappa shape index (κ1) is 20.2. The van der Waals surface area contributed by atoms with Gasteiger partial charge in [-0.1, -0.05) is 12.7 Å². The Balaban J connectivity index is 1.70. The van der Waals surface area contributed by atoms with Crippen molar-refractivity contribution in [3.8, 4) is 17.0 Å². The van der Waals surface area contributed by atoms with Gasteiger partial charge in [-0.05, 0) is 37.5 Å². The molecule has 32 heavy (non-hydrogen) atoms. The van der Waals surface area contributed by atoms with E-state index >= 15 is 0 Å². The number of pyridine rings is 1. The van der Waals surface area contributed by atoms with Crippen LogP contribution in [0.25, 0.3) is 16.8 Å². The number of anilines is 1. The van der Waals surface area contributed by atoms with Gasteiger partial charge in [0.15, 0.2) is 11.6 Å². The van der Waals surface area contributed by atoms with Gasteiger partial charge in [0.05, 0.1) is 23.6 Å². The largest absolute Gasteiger partial charge is 0.485 e. The highest BCUT2D eigenvalue weighted by Crippen LogP contribution is 2.39. The van der Waals surface area contributed by atoms with E-state index in [1.807, 2.05) is 25.5 Å². The van der Waals surface area contributed by atoms with Crippen molar-refractivity contribution >= 4 is 11.4 Å². The van der Waals surface area contributed by atoms with E-state index in [-0.39, 0.29) is 12.4 Å². The number of fused-ring (bicyclic) bond motifs is 5. The summed E-state index contributed by atoms with van der Waals surface area (Å²) in [6, 6.07) is 2.28. The first-order chi connectivity index (χ1) is 15.5. The van der Waals surface area contributed by atoms with Crippen molar-refractivity contribution in [3.63, 3.8) is 0 Å². The molecule has 0 amide bonds. The molecular formula is C24H25FN6O. The first-order valence-electron chi connectivity index (χ1n) is 10.7. The van der Waals surface area contributed by atoms with Crippen molar-refractivity contribution in [1.29, 1.82) is 0 Å². The fourth-order valence-corrected chi connectivity index (χ4v) is 4.26. The van der Waals surface area contributed by atoms with Gasteiger partial charge in [-0.2, -0.15) is 10.2 Å². The third-order valence-corrected chi connectivity index (χ3v) is 6.01. The molecule has 0 saturated heterocycles. The molecule has 0 spiro atoms. The van der Waals surface area contributed by atoms with Gasteiger partial charge in [-0.25, -0.2) is 9.37 Å². The van der Waals surface area contributed by atoms with Crippen molar-refractivity contribution in [1.82, 2.24) is 24.5 Å². The number of halogens is 1. The van der Waals surface area contributed by atoms with Crippen LogP contribution in [0.3, 0.4) is 0 Å². The Morgan fingerprint density at radius 2 is 2.16 bits per heavy atom. The lowest BCUT2D eigenvalue weighted by Gasteiger charge is -2.28. The zero-order valence-corrected chi connectivity index (χ0v) is 18.0. The second-order valence-electron chi connectivity index (χ2n) is 8.25. The van der Waals surface area contributed by atoms with E-state index in [4.69, 9.17) is 15.6 Å². The Labute approximate surface area is 185 Å². The molecule has 5 rings (SSSR count). The van der Waals surface area contributed by atoms with Gasteiger partial charge < -0.3 is 10.5 Å². The Morgan fingerprint density at radius 1 is 1.31 bits per heavy atom. The number of nitrogen functional groups attached to an aromatic ring is 1. The van der Waals surface area contributed by atoms with Gasteiger partial charge >= 0.3 is 0 Å². The second-order valence-corrected chi connectivity index (χ2v) is 8.25. The van der Waals surface area contributed by atoms with E-state index in [1.54, 1.807) is 10.9 Å². The van der Waals surface area contributed by atoms with E-state index in [1.165, 1.54) is 24.6 Å². The van der Waals surface area contributed by atoms with Gasteiger partial charge in [-0.15, -0.1) is 0 Å². The van der Waals surface area contributed by atoms with E-state index in [2.05, 4.69) is 21.3 Å². The smallest absolute Gasteiger partial charge is 0.166 e. The van der Waals surface area contributed by atoms with Gasteiger partial charge in [-0.3, -0.25) is 9.36 Å². The van der Waals surface area contributed by atoms with Crippen LogP contribution in [0.1, 0.15) is 42.1 Å². The minimum Gasteiger partial charge on any atom is -0.485 e. The van der Waals surface area contributed by atoms with E-state index in [9.17, 15) is 4.39 Å². The molecule has 0 aromatic carbocycles. The molecule has 4 heterocycles. The topological polar surface area (TPSA) is 83.8 Å². The maximum Gasteiger partial charge on any atom is 0.166 e. The average molecular weight is 433 g/mol. The fourth-order valence-electron chi connectivity index (χ4n) is 4.26. The SMILES string of the molecule is C=C/C=C(F)\C=C1\COc2cc(cnc2N)-c2c(cnn2C2CCC2)Cc2cn(C)nc21. The number of aromatic nitrogens is 5. The number of nitrogens with two attached hydrogens (primary N) is 1. The lowest BCUT2D eigenvalue weighted by Crippen LogP contribution is -2.19. The molecule has 1 aliphatic heterocycles. The van der Waals surface area contributed by atoms with Crippen LogP contribution in [0, 0.1) is 0 Å². The molecular weight excluding hydrogens is 407 g/mol. The monoisotopic (exact) mass is 432 g/mol. The number of aryl methyl sites for hydroxylation is 1. The maximum atomic E-state index is 14.4. The lowest BCUT2D eigenvalue weighted by molar-refractivity contribution is 0.292. The van der Waals surface area contributed by atoms with Gasteiger partial charge in [0.2, 0.25) is 0 Å². The number of hydrogen-bond acceptors (Lipinski definition) is 5. The third-order valence-electron chi connectivity index (χ3n) is 6.01. The summed E-state index contributed by atoms with van der Waals surface area (Å²) >= 11 is 0. The van der Waals surface area contributed by atoms with Crippen LogP contribution in [-0.2, 0) is 13.5 Å². The Bertz CT molecular complexity index is 1250. The highest BCUT2D eigenvalue weighted by Gasteiger charge is 2.27. The molecule has 2 N–H and O–H groups in total. The Kier molecular flexibility index (Phi) is 5.13. The summed E-state index contributed by atoms with van der Waals surface area (Å²) in [6.45, 7) is 3.67. The Hall–Kier alpha value is -3.68. The van der Waals surface area contributed by atoms with Crippen LogP contribution >= 0.6 is 0 Å². The zero-order chi connectivity index (χ0) is 22.2. The van der Waals surface area contributed by atoms with Crippen LogP contribution in [0.2, 0.25) is 0 Å². The quantitative estimate of drug-likeness (QED) is 0.621. The predicted molar refractivity (Wildman–Crippen MR) is 122 cm³/mol. The average Bonchev–Trinajstić information content (AvgIpc) is 3.28. The van der Waals surface area contributed by atoms with Gasteiger partial charge in [0.1, 0.15) is 12.4 Å². The molecule has 3 aromatic heterocycles. The van der Waals surface area contributed by atoms with E-state index in [0.29, 0.717) is 29.5 Å². The summed E-state index contributed by atoms with van der Waals surface area (Å²) < 4.78 is 24.3. The zero-order valence-electron chi connectivity index (χ0n) is 18.0. The number of ether oxygens (including phenoxy) is 1. The highest BCUT2D eigenvalue weighted by molar-refractivity contribution is 5.72. The summed E-state index contributed by atoms with van der Waals surface area (Å²) in [6.07, 6.45) is 13.8. The summed E-state index contributed by atoms with van der Waals surface area (Å²) in [5.74, 6) is 0.309. The minimum atomic E-state index is -0.427. The number of nitrogens with zero attached hydrogens (tertiary/aromatic N) is 5. The minimum absolute atomic E-state index is 0.100. The number of allylic oxidation sites excluding steroid dienone is 4.